The highest BCUT2D eigenvalue weighted by Crippen LogP contribution is 2.34. The van der Waals surface area contributed by atoms with E-state index in [0.717, 1.165) is 30.1 Å². The van der Waals surface area contributed by atoms with Crippen LogP contribution in [-0.2, 0) is 28.7 Å². The van der Waals surface area contributed by atoms with Crippen LogP contribution in [0.25, 0.3) is 0 Å². The average Bonchev–Trinajstić information content (AvgIpc) is 3.00. The summed E-state index contributed by atoms with van der Waals surface area (Å²) >= 11 is 0. The first-order valence-electron chi connectivity index (χ1n) is 7.98. The molecule has 2 bridgehead atoms. The Hall–Kier alpha value is -1.73. The molecule has 4 rings (SSSR count). The molecule has 2 aliphatic rings. The summed E-state index contributed by atoms with van der Waals surface area (Å²) in [6.45, 7) is 2.59. The molecule has 23 heavy (non-hydrogen) atoms. The fourth-order valence-corrected chi connectivity index (χ4v) is 5.87. The van der Waals surface area contributed by atoms with Gasteiger partial charge in [0.2, 0.25) is 10.0 Å². The molecular weight excluding hydrogens is 312 g/mol. The standard InChI is InChI=1S/C16H20N4O2S/c1-12-17-18-16-9-14-7-8-15(10-19(12)16)20(14)23(21,22)11-13-5-3-2-4-6-13/h2-6,14-15H,7-11H2,1H3. The predicted molar refractivity (Wildman–Crippen MR) is 86.2 cm³/mol. The Morgan fingerprint density at radius 2 is 1.87 bits per heavy atom. The fourth-order valence-electron chi connectivity index (χ4n) is 3.85. The molecule has 1 aromatic heterocycles. The number of hydrogen-bond acceptors (Lipinski definition) is 4. The minimum Gasteiger partial charge on any atom is -0.314 e. The van der Waals surface area contributed by atoms with Gasteiger partial charge in [-0.25, -0.2) is 8.42 Å². The van der Waals surface area contributed by atoms with Crippen LogP contribution in [0.4, 0.5) is 0 Å². The van der Waals surface area contributed by atoms with Crippen molar-refractivity contribution in [1.82, 2.24) is 19.1 Å². The van der Waals surface area contributed by atoms with Gasteiger partial charge >= 0.3 is 0 Å². The van der Waals surface area contributed by atoms with E-state index in [2.05, 4.69) is 14.8 Å². The van der Waals surface area contributed by atoms with E-state index >= 15 is 0 Å². The Morgan fingerprint density at radius 1 is 1.13 bits per heavy atom. The number of fused-ring (bicyclic) bond motifs is 3. The zero-order valence-electron chi connectivity index (χ0n) is 13.1. The van der Waals surface area contributed by atoms with E-state index in [9.17, 15) is 8.42 Å². The van der Waals surface area contributed by atoms with Gasteiger partial charge in [0.25, 0.3) is 0 Å². The molecule has 2 aliphatic heterocycles. The van der Waals surface area contributed by atoms with E-state index in [1.807, 2.05) is 37.3 Å². The highest BCUT2D eigenvalue weighted by Gasteiger charge is 2.44. The molecule has 0 radical (unpaired) electrons. The summed E-state index contributed by atoms with van der Waals surface area (Å²) in [6, 6.07) is 9.44. The normalized spacial score (nSPS) is 24.4. The smallest absolute Gasteiger partial charge is 0.218 e. The Balaban J connectivity index is 1.65. The lowest BCUT2D eigenvalue weighted by molar-refractivity contribution is 0.314. The van der Waals surface area contributed by atoms with Crippen molar-refractivity contribution in [3.05, 3.63) is 47.5 Å². The SMILES string of the molecule is Cc1nnc2n1CC1CCC(C2)N1S(=O)(=O)Cc1ccccc1. The lowest BCUT2D eigenvalue weighted by Crippen LogP contribution is -2.42. The van der Waals surface area contributed by atoms with Crippen molar-refractivity contribution in [1.29, 1.82) is 0 Å². The van der Waals surface area contributed by atoms with Crippen LogP contribution in [0.5, 0.6) is 0 Å². The molecule has 1 fully saturated rings. The molecule has 2 atom stereocenters. The van der Waals surface area contributed by atoms with Gasteiger partial charge in [-0.1, -0.05) is 30.3 Å². The van der Waals surface area contributed by atoms with Crippen LogP contribution in [0, 0.1) is 6.92 Å². The van der Waals surface area contributed by atoms with Crippen LogP contribution >= 0.6 is 0 Å². The van der Waals surface area contributed by atoms with Crippen molar-refractivity contribution < 1.29 is 8.42 Å². The Morgan fingerprint density at radius 3 is 2.65 bits per heavy atom. The summed E-state index contributed by atoms with van der Waals surface area (Å²) in [6.07, 6.45) is 2.48. The minimum absolute atomic E-state index is 0.0126. The maximum Gasteiger partial charge on any atom is 0.218 e. The number of hydrogen-bond donors (Lipinski definition) is 0. The number of aryl methyl sites for hydroxylation is 1. The first-order valence-corrected chi connectivity index (χ1v) is 9.59. The van der Waals surface area contributed by atoms with E-state index in [0.29, 0.717) is 13.0 Å². The quantitative estimate of drug-likeness (QED) is 0.854. The van der Waals surface area contributed by atoms with Gasteiger partial charge in [-0.05, 0) is 25.3 Å². The first kappa shape index (κ1) is 14.8. The second kappa shape index (κ2) is 5.42. The lowest BCUT2D eigenvalue weighted by Gasteiger charge is -2.27. The van der Waals surface area contributed by atoms with Gasteiger partial charge in [0.15, 0.2) is 0 Å². The zero-order chi connectivity index (χ0) is 16.0. The molecule has 2 unspecified atom stereocenters. The monoisotopic (exact) mass is 332 g/mol. The van der Waals surface area contributed by atoms with E-state index < -0.39 is 10.0 Å². The predicted octanol–water partition coefficient (Wildman–Crippen LogP) is 1.51. The van der Waals surface area contributed by atoms with Gasteiger partial charge in [-0.2, -0.15) is 4.31 Å². The van der Waals surface area contributed by atoms with Crippen molar-refractivity contribution >= 4 is 10.0 Å². The molecule has 7 heteroatoms. The summed E-state index contributed by atoms with van der Waals surface area (Å²) in [7, 11) is -3.33. The number of sulfonamides is 1. The van der Waals surface area contributed by atoms with Crippen molar-refractivity contribution in [2.75, 3.05) is 0 Å². The Labute approximate surface area is 136 Å². The topological polar surface area (TPSA) is 68.1 Å². The second-order valence-electron chi connectivity index (χ2n) is 6.43. The Kier molecular flexibility index (Phi) is 3.50. The molecule has 1 aromatic carbocycles. The number of aromatic nitrogens is 3. The van der Waals surface area contributed by atoms with Crippen LogP contribution in [0.3, 0.4) is 0 Å². The van der Waals surface area contributed by atoms with Gasteiger partial charge < -0.3 is 4.57 Å². The van der Waals surface area contributed by atoms with Gasteiger partial charge in [-0.15, -0.1) is 10.2 Å². The maximum atomic E-state index is 13.0. The van der Waals surface area contributed by atoms with Crippen LogP contribution in [0.15, 0.2) is 30.3 Å². The molecule has 0 aliphatic carbocycles. The molecule has 0 amide bonds. The van der Waals surface area contributed by atoms with Gasteiger partial charge in [0, 0.05) is 25.0 Å². The van der Waals surface area contributed by atoms with Crippen molar-refractivity contribution in [2.24, 2.45) is 0 Å². The summed E-state index contributed by atoms with van der Waals surface area (Å²) in [4.78, 5) is 0. The zero-order valence-corrected chi connectivity index (χ0v) is 13.9. The second-order valence-corrected chi connectivity index (χ2v) is 8.31. The molecule has 122 valence electrons. The van der Waals surface area contributed by atoms with Crippen molar-refractivity contribution in [3.63, 3.8) is 0 Å². The summed E-state index contributed by atoms with van der Waals surface area (Å²) in [5, 5.41) is 8.36. The van der Waals surface area contributed by atoms with Gasteiger partial charge in [0.05, 0.1) is 5.75 Å². The molecule has 3 heterocycles. The average molecular weight is 332 g/mol. The molecule has 0 saturated carbocycles. The van der Waals surface area contributed by atoms with E-state index in [4.69, 9.17) is 0 Å². The highest BCUT2D eigenvalue weighted by molar-refractivity contribution is 7.88. The third-order valence-corrected chi connectivity index (χ3v) is 6.83. The number of rotatable bonds is 3. The molecule has 2 aromatic rings. The highest BCUT2D eigenvalue weighted by atomic mass is 32.2. The fraction of sp³-hybridized carbons (Fsp3) is 0.500. The third kappa shape index (κ3) is 2.57. The number of nitrogens with zero attached hydrogens (tertiary/aromatic N) is 4. The molecule has 0 N–H and O–H groups in total. The molecule has 1 saturated heterocycles. The molecule has 6 nitrogen and oxygen atoms in total. The summed E-state index contributed by atoms with van der Waals surface area (Å²) in [5.74, 6) is 1.85. The van der Waals surface area contributed by atoms with Crippen LogP contribution in [0.1, 0.15) is 30.1 Å². The Bertz CT molecular complexity index is 816. The maximum absolute atomic E-state index is 13.0. The van der Waals surface area contributed by atoms with E-state index in [-0.39, 0.29) is 17.8 Å². The number of benzene rings is 1. The largest absolute Gasteiger partial charge is 0.314 e. The summed E-state index contributed by atoms with van der Waals surface area (Å²) < 4.78 is 29.9. The van der Waals surface area contributed by atoms with Crippen molar-refractivity contribution in [3.8, 4) is 0 Å². The van der Waals surface area contributed by atoms with Crippen molar-refractivity contribution in [2.45, 2.75) is 50.6 Å². The summed E-state index contributed by atoms with van der Waals surface area (Å²) in [5.41, 5.74) is 0.840. The molecule has 0 spiro atoms. The minimum atomic E-state index is -3.33. The van der Waals surface area contributed by atoms with Crippen LogP contribution < -0.4 is 0 Å². The molecular formula is C16H20N4O2S. The van der Waals surface area contributed by atoms with E-state index in [1.54, 1.807) is 4.31 Å². The van der Waals surface area contributed by atoms with Crippen LogP contribution in [0.2, 0.25) is 0 Å². The lowest BCUT2D eigenvalue weighted by atomic mass is 10.1. The van der Waals surface area contributed by atoms with Gasteiger partial charge in [0.1, 0.15) is 11.6 Å². The van der Waals surface area contributed by atoms with Gasteiger partial charge in [-0.3, -0.25) is 0 Å². The first-order chi connectivity index (χ1) is 11.0. The van der Waals surface area contributed by atoms with Crippen LogP contribution in [-0.4, -0.2) is 39.6 Å². The third-order valence-electron chi connectivity index (χ3n) is 4.89. The van der Waals surface area contributed by atoms with E-state index in [1.165, 1.54) is 0 Å².